The van der Waals surface area contributed by atoms with Gasteiger partial charge in [0.15, 0.2) is 5.78 Å². The van der Waals surface area contributed by atoms with Crippen LogP contribution in [0.1, 0.15) is 76.2 Å². The van der Waals surface area contributed by atoms with Crippen LogP contribution in [0.3, 0.4) is 0 Å². The SMILES string of the molecule is CC(C)(C)c1cccc(C2/C=C\C(=O)C(=O)/C=C/S/C=C/[C@@H](O)/C=C/C(=O)C(c3cccc(C(C)(C)C)n3)/C=C\2)n1. The van der Waals surface area contributed by atoms with Crippen molar-refractivity contribution in [2.45, 2.75) is 70.3 Å². The maximum absolute atomic E-state index is 13.5. The van der Waals surface area contributed by atoms with Gasteiger partial charge in [-0.25, -0.2) is 0 Å². The molecule has 3 atom stereocenters. The normalized spacial score (nSPS) is 25.2. The van der Waals surface area contributed by atoms with Crippen LogP contribution in [0.4, 0.5) is 0 Å². The van der Waals surface area contributed by atoms with Crippen molar-refractivity contribution in [1.29, 1.82) is 0 Å². The molecule has 0 saturated carbocycles. The monoisotopic (exact) mass is 570 g/mol. The second kappa shape index (κ2) is 13.8. The number of aromatic nitrogens is 2. The third kappa shape index (κ3) is 9.44. The Morgan fingerprint density at radius 3 is 1.88 bits per heavy atom. The summed E-state index contributed by atoms with van der Waals surface area (Å²) in [6, 6.07) is 11.3. The Kier molecular flexibility index (Phi) is 10.7. The fraction of sp³-hybridized carbons (Fsp3) is 0.324. The van der Waals surface area contributed by atoms with Gasteiger partial charge in [0.05, 0.1) is 23.4 Å². The lowest BCUT2D eigenvalue weighted by atomic mass is 9.89. The molecule has 6 nitrogen and oxygen atoms in total. The Balaban J connectivity index is 2.17. The van der Waals surface area contributed by atoms with Gasteiger partial charge in [-0.2, -0.15) is 0 Å². The van der Waals surface area contributed by atoms with E-state index in [4.69, 9.17) is 9.97 Å². The molecule has 0 amide bonds. The van der Waals surface area contributed by atoms with E-state index in [9.17, 15) is 19.5 Å². The summed E-state index contributed by atoms with van der Waals surface area (Å²) in [5.41, 5.74) is 2.53. The van der Waals surface area contributed by atoms with Crippen molar-refractivity contribution in [3.05, 3.63) is 119 Å². The Hall–Kier alpha value is -3.68. The predicted molar refractivity (Wildman–Crippen MR) is 166 cm³/mol. The molecule has 2 aromatic rings. The molecular formula is C34H38N2O4S. The van der Waals surface area contributed by atoms with Gasteiger partial charge in [-0.1, -0.05) is 71.9 Å². The molecule has 0 saturated heterocycles. The van der Waals surface area contributed by atoms with Gasteiger partial charge >= 0.3 is 0 Å². The molecule has 0 aromatic carbocycles. The van der Waals surface area contributed by atoms with E-state index in [-0.39, 0.29) is 16.6 Å². The molecule has 7 heteroatoms. The first kappa shape index (κ1) is 31.8. The third-order valence-electron chi connectivity index (χ3n) is 6.36. The predicted octanol–water partition coefficient (Wildman–Crippen LogP) is 6.45. The topological polar surface area (TPSA) is 97.2 Å². The van der Waals surface area contributed by atoms with Gasteiger partial charge < -0.3 is 5.11 Å². The highest BCUT2D eigenvalue weighted by atomic mass is 32.2. The van der Waals surface area contributed by atoms with Crippen LogP contribution in [-0.2, 0) is 25.2 Å². The van der Waals surface area contributed by atoms with Gasteiger partial charge in [-0.15, -0.1) is 11.8 Å². The lowest BCUT2D eigenvalue weighted by Crippen LogP contribution is -2.17. The minimum Gasteiger partial charge on any atom is -0.385 e. The fourth-order valence-corrected chi connectivity index (χ4v) is 4.46. The molecule has 214 valence electrons. The summed E-state index contributed by atoms with van der Waals surface area (Å²) in [6.45, 7) is 12.4. The maximum Gasteiger partial charge on any atom is 0.226 e. The number of hydrogen-bond acceptors (Lipinski definition) is 7. The Morgan fingerprint density at radius 2 is 1.24 bits per heavy atom. The quantitative estimate of drug-likeness (QED) is 0.327. The summed E-state index contributed by atoms with van der Waals surface area (Å²) >= 11 is 1.14. The van der Waals surface area contributed by atoms with Crippen molar-refractivity contribution in [3.63, 3.8) is 0 Å². The van der Waals surface area contributed by atoms with Crippen molar-refractivity contribution >= 4 is 29.1 Å². The van der Waals surface area contributed by atoms with Gasteiger partial charge in [-0.3, -0.25) is 24.4 Å². The second-order valence-corrected chi connectivity index (χ2v) is 12.7. The van der Waals surface area contributed by atoms with Crippen LogP contribution < -0.4 is 0 Å². The average molecular weight is 571 g/mol. The van der Waals surface area contributed by atoms with E-state index in [1.807, 2.05) is 42.5 Å². The first-order valence-corrected chi connectivity index (χ1v) is 14.5. The Bertz CT molecular complexity index is 1420. The van der Waals surface area contributed by atoms with Crippen molar-refractivity contribution < 1.29 is 19.5 Å². The lowest BCUT2D eigenvalue weighted by Gasteiger charge is -2.20. The molecule has 1 aliphatic rings. The number of thioether (sulfide) groups is 1. The molecule has 1 aliphatic heterocycles. The number of allylic oxidation sites excluding steroid dienone is 6. The van der Waals surface area contributed by atoms with Crippen molar-refractivity contribution in [2.75, 3.05) is 0 Å². The Morgan fingerprint density at radius 1 is 0.659 bits per heavy atom. The van der Waals surface area contributed by atoms with E-state index in [2.05, 4.69) is 41.5 Å². The van der Waals surface area contributed by atoms with Gasteiger partial charge in [0.1, 0.15) is 0 Å². The first-order valence-electron chi connectivity index (χ1n) is 13.5. The van der Waals surface area contributed by atoms with Gasteiger partial charge in [0.25, 0.3) is 0 Å². The van der Waals surface area contributed by atoms with E-state index in [1.54, 1.807) is 17.6 Å². The summed E-state index contributed by atoms with van der Waals surface area (Å²) in [5, 5.41) is 13.4. The fourth-order valence-electron chi connectivity index (χ4n) is 3.92. The highest BCUT2D eigenvalue weighted by Crippen LogP contribution is 2.28. The highest BCUT2D eigenvalue weighted by molar-refractivity contribution is 8.04. The lowest BCUT2D eigenvalue weighted by molar-refractivity contribution is -0.130. The molecule has 0 radical (unpaired) electrons. The minimum atomic E-state index is -1.01. The smallest absolute Gasteiger partial charge is 0.226 e. The number of carbonyl (C=O) groups excluding carboxylic acids is 3. The molecule has 0 bridgehead atoms. The highest BCUT2D eigenvalue weighted by Gasteiger charge is 2.23. The largest absolute Gasteiger partial charge is 0.385 e. The summed E-state index contributed by atoms with van der Waals surface area (Å²) in [5.74, 6) is -2.85. The van der Waals surface area contributed by atoms with Crippen LogP contribution in [0.15, 0.2) is 95.8 Å². The molecule has 3 rings (SSSR count). The number of carbonyl (C=O) groups is 3. The van der Waals surface area contributed by atoms with E-state index in [1.165, 1.54) is 35.8 Å². The summed E-state index contributed by atoms with van der Waals surface area (Å²) < 4.78 is 0. The van der Waals surface area contributed by atoms with E-state index < -0.39 is 29.5 Å². The molecule has 0 aliphatic carbocycles. The molecule has 0 spiro atoms. The van der Waals surface area contributed by atoms with Gasteiger partial charge in [0, 0.05) is 28.1 Å². The van der Waals surface area contributed by atoms with Crippen molar-refractivity contribution in [1.82, 2.24) is 9.97 Å². The number of hydrogen-bond donors (Lipinski definition) is 1. The molecule has 2 aromatic heterocycles. The number of aliphatic hydroxyl groups excluding tert-OH is 1. The van der Waals surface area contributed by atoms with Crippen LogP contribution in [0.2, 0.25) is 0 Å². The van der Waals surface area contributed by atoms with Crippen LogP contribution in [-0.4, -0.2) is 38.5 Å². The number of nitrogens with zero attached hydrogens (tertiary/aromatic N) is 2. The zero-order chi connectivity index (χ0) is 30.2. The summed E-state index contributed by atoms with van der Waals surface area (Å²) in [6.07, 6.45) is 10.9. The van der Waals surface area contributed by atoms with Gasteiger partial charge in [0.2, 0.25) is 11.6 Å². The summed E-state index contributed by atoms with van der Waals surface area (Å²) in [7, 11) is 0. The molecule has 41 heavy (non-hydrogen) atoms. The third-order valence-corrected chi connectivity index (χ3v) is 6.97. The standard InChI is InChI=1S/C34H38N2O4S/c1-33(2,3)31-11-7-9-26(35-31)23-13-16-25(27-10-8-12-32(36-27)34(4,5)6)28(38)18-15-24(37)19-21-41-22-20-30(40)29(39)17-14-23/h7-25,37H,1-6H3/b16-13-,17-14-,18-15+,21-19+,22-20+/t23?,24-,25?/m0/s1. The molecule has 0 fully saturated rings. The van der Waals surface area contributed by atoms with E-state index in [0.717, 1.165) is 23.1 Å². The number of aliphatic hydroxyl groups is 1. The molecular weight excluding hydrogens is 532 g/mol. The Labute approximate surface area is 247 Å². The minimum absolute atomic E-state index is 0.204. The number of ketones is 3. The number of pyridine rings is 2. The molecule has 1 N–H and O–H groups in total. The van der Waals surface area contributed by atoms with Gasteiger partial charge in [-0.05, 0) is 65.5 Å². The summed E-state index contributed by atoms with van der Waals surface area (Å²) in [4.78, 5) is 48.2. The first-order chi connectivity index (χ1) is 19.3. The van der Waals surface area contributed by atoms with Crippen LogP contribution in [0.25, 0.3) is 0 Å². The zero-order valence-corrected chi connectivity index (χ0v) is 25.3. The van der Waals surface area contributed by atoms with Crippen LogP contribution in [0, 0.1) is 0 Å². The van der Waals surface area contributed by atoms with E-state index >= 15 is 0 Å². The van der Waals surface area contributed by atoms with Crippen molar-refractivity contribution in [2.24, 2.45) is 0 Å². The number of rotatable bonds is 2. The zero-order valence-electron chi connectivity index (χ0n) is 24.4. The maximum atomic E-state index is 13.5. The van der Waals surface area contributed by atoms with Crippen LogP contribution in [0.5, 0.6) is 0 Å². The second-order valence-electron chi connectivity index (χ2n) is 11.9. The average Bonchev–Trinajstić information content (AvgIpc) is 2.92. The molecule has 2 unspecified atom stereocenters. The van der Waals surface area contributed by atoms with Crippen LogP contribution >= 0.6 is 11.8 Å². The van der Waals surface area contributed by atoms with Crippen molar-refractivity contribution in [3.8, 4) is 0 Å². The van der Waals surface area contributed by atoms with E-state index in [0.29, 0.717) is 11.4 Å². The molecule has 3 heterocycles.